The van der Waals surface area contributed by atoms with E-state index < -0.39 is 10.0 Å². The maximum atomic E-state index is 12.0. The number of nitrogens with zero attached hydrogens (tertiary/aromatic N) is 1. The SMILES string of the molecule is CCN(C)S(=O)(=O)c1ccc(OCCCN)cc1. The largest absolute Gasteiger partial charge is 0.494 e. The number of hydrogen-bond acceptors (Lipinski definition) is 4. The molecular weight excluding hydrogens is 252 g/mol. The minimum atomic E-state index is -3.37. The molecule has 1 rings (SSSR count). The zero-order chi connectivity index (χ0) is 13.6. The molecule has 0 fully saturated rings. The van der Waals surface area contributed by atoms with Crippen LogP contribution in [0.2, 0.25) is 0 Å². The lowest BCUT2D eigenvalue weighted by atomic mass is 10.3. The summed E-state index contributed by atoms with van der Waals surface area (Å²) in [5.41, 5.74) is 5.36. The summed E-state index contributed by atoms with van der Waals surface area (Å²) in [6.45, 7) is 3.35. The first-order valence-electron chi connectivity index (χ1n) is 5.91. The summed E-state index contributed by atoms with van der Waals surface area (Å²) in [6, 6.07) is 6.43. The van der Waals surface area contributed by atoms with Crippen molar-refractivity contribution >= 4 is 10.0 Å². The number of sulfonamides is 1. The van der Waals surface area contributed by atoms with Crippen LogP contribution in [0.3, 0.4) is 0 Å². The molecule has 102 valence electrons. The summed E-state index contributed by atoms with van der Waals surface area (Å²) in [4.78, 5) is 0.276. The minimum absolute atomic E-state index is 0.276. The van der Waals surface area contributed by atoms with E-state index in [2.05, 4.69) is 0 Å². The van der Waals surface area contributed by atoms with Gasteiger partial charge >= 0.3 is 0 Å². The van der Waals surface area contributed by atoms with Gasteiger partial charge in [-0.1, -0.05) is 6.92 Å². The maximum absolute atomic E-state index is 12.0. The van der Waals surface area contributed by atoms with Crippen molar-refractivity contribution < 1.29 is 13.2 Å². The summed E-state index contributed by atoms with van der Waals surface area (Å²) in [6.07, 6.45) is 0.776. The number of ether oxygens (including phenoxy) is 1. The fourth-order valence-electron chi connectivity index (χ4n) is 1.33. The van der Waals surface area contributed by atoms with Crippen LogP contribution in [0.25, 0.3) is 0 Å². The second-order valence-electron chi connectivity index (χ2n) is 3.88. The second-order valence-corrected chi connectivity index (χ2v) is 5.93. The van der Waals surface area contributed by atoms with Crippen LogP contribution in [0.4, 0.5) is 0 Å². The van der Waals surface area contributed by atoms with Crippen molar-refractivity contribution in [1.29, 1.82) is 0 Å². The molecule has 1 aromatic carbocycles. The molecule has 0 aliphatic carbocycles. The monoisotopic (exact) mass is 272 g/mol. The predicted molar refractivity (Wildman–Crippen MR) is 71.1 cm³/mol. The van der Waals surface area contributed by atoms with E-state index in [1.807, 2.05) is 0 Å². The minimum Gasteiger partial charge on any atom is -0.494 e. The summed E-state index contributed by atoms with van der Waals surface area (Å²) in [5.74, 6) is 0.654. The Morgan fingerprint density at radius 3 is 2.39 bits per heavy atom. The molecule has 0 heterocycles. The van der Waals surface area contributed by atoms with E-state index in [0.29, 0.717) is 25.4 Å². The highest BCUT2D eigenvalue weighted by molar-refractivity contribution is 7.89. The number of hydrogen-bond donors (Lipinski definition) is 1. The molecule has 0 saturated carbocycles. The van der Waals surface area contributed by atoms with Crippen molar-refractivity contribution in [1.82, 2.24) is 4.31 Å². The Bertz CT molecular complexity index is 457. The van der Waals surface area contributed by atoms with Crippen LogP contribution in [-0.2, 0) is 10.0 Å². The fraction of sp³-hybridized carbons (Fsp3) is 0.500. The highest BCUT2D eigenvalue weighted by Gasteiger charge is 2.18. The van der Waals surface area contributed by atoms with Gasteiger partial charge in [0.25, 0.3) is 0 Å². The van der Waals surface area contributed by atoms with Crippen molar-refractivity contribution in [2.75, 3.05) is 26.7 Å². The molecule has 18 heavy (non-hydrogen) atoms. The van der Waals surface area contributed by atoms with Crippen molar-refractivity contribution in [2.24, 2.45) is 5.73 Å². The molecule has 0 amide bonds. The Labute approximate surface area is 109 Å². The third-order valence-corrected chi connectivity index (χ3v) is 4.54. The number of rotatable bonds is 7. The average molecular weight is 272 g/mol. The molecule has 0 atom stereocenters. The first-order valence-corrected chi connectivity index (χ1v) is 7.35. The Hall–Kier alpha value is -1.11. The molecule has 2 N–H and O–H groups in total. The van der Waals surface area contributed by atoms with Gasteiger partial charge in [0, 0.05) is 13.6 Å². The van der Waals surface area contributed by atoms with Gasteiger partial charge in [0.1, 0.15) is 5.75 Å². The molecule has 0 saturated heterocycles. The van der Waals surface area contributed by atoms with Crippen LogP contribution < -0.4 is 10.5 Å². The molecule has 0 aliphatic heterocycles. The zero-order valence-corrected chi connectivity index (χ0v) is 11.6. The Morgan fingerprint density at radius 1 is 1.28 bits per heavy atom. The quantitative estimate of drug-likeness (QED) is 0.753. The van der Waals surface area contributed by atoms with E-state index in [1.165, 1.54) is 4.31 Å². The number of nitrogens with two attached hydrogens (primary N) is 1. The second kappa shape index (κ2) is 6.72. The molecule has 5 nitrogen and oxygen atoms in total. The first-order chi connectivity index (χ1) is 8.52. The van der Waals surface area contributed by atoms with Gasteiger partial charge in [-0.25, -0.2) is 12.7 Å². The fourth-order valence-corrected chi connectivity index (χ4v) is 2.51. The van der Waals surface area contributed by atoms with Gasteiger partial charge in [-0.3, -0.25) is 0 Å². The lowest BCUT2D eigenvalue weighted by molar-refractivity contribution is 0.313. The smallest absolute Gasteiger partial charge is 0.242 e. The summed E-state index contributed by atoms with van der Waals surface area (Å²) >= 11 is 0. The van der Waals surface area contributed by atoms with Gasteiger partial charge in [-0.2, -0.15) is 0 Å². The Balaban J connectivity index is 2.77. The molecule has 0 bridgehead atoms. The molecule has 6 heteroatoms. The molecule has 0 spiro atoms. The van der Waals surface area contributed by atoms with E-state index in [-0.39, 0.29) is 4.90 Å². The van der Waals surface area contributed by atoms with Gasteiger partial charge < -0.3 is 10.5 Å². The van der Waals surface area contributed by atoms with Gasteiger partial charge in [-0.15, -0.1) is 0 Å². The maximum Gasteiger partial charge on any atom is 0.242 e. The zero-order valence-electron chi connectivity index (χ0n) is 10.8. The highest BCUT2D eigenvalue weighted by Crippen LogP contribution is 2.18. The topological polar surface area (TPSA) is 72.6 Å². The van der Waals surface area contributed by atoms with E-state index in [1.54, 1.807) is 38.2 Å². The van der Waals surface area contributed by atoms with Gasteiger partial charge in [0.2, 0.25) is 10.0 Å². The van der Waals surface area contributed by atoms with Crippen molar-refractivity contribution in [3.05, 3.63) is 24.3 Å². The van der Waals surface area contributed by atoms with E-state index >= 15 is 0 Å². The normalized spacial score (nSPS) is 11.8. The summed E-state index contributed by atoms with van der Waals surface area (Å²) in [7, 11) is -1.82. The van der Waals surface area contributed by atoms with Crippen LogP contribution in [0.5, 0.6) is 5.75 Å². The average Bonchev–Trinajstić information content (AvgIpc) is 2.38. The Morgan fingerprint density at radius 2 is 1.89 bits per heavy atom. The third kappa shape index (κ3) is 3.69. The van der Waals surface area contributed by atoms with Crippen LogP contribution in [-0.4, -0.2) is 39.5 Å². The van der Waals surface area contributed by atoms with Crippen LogP contribution in [0, 0.1) is 0 Å². The van der Waals surface area contributed by atoms with Gasteiger partial charge in [-0.05, 0) is 37.2 Å². The van der Waals surface area contributed by atoms with E-state index in [0.717, 1.165) is 6.42 Å². The van der Waals surface area contributed by atoms with Crippen LogP contribution in [0.15, 0.2) is 29.2 Å². The molecular formula is C12H20N2O3S. The summed E-state index contributed by atoms with van der Waals surface area (Å²) in [5, 5.41) is 0. The van der Waals surface area contributed by atoms with E-state index in [9.17, 15) is 8.42 Å². The lowest BCUT2D eigenvalue weighted by Gasteiger charge is -2.15. The predicted octanol–water partition coefficient (Wildman–Crippen LogP) is 1.05. The van der Waals surface area contributed by atoms with Crippen molar-refractivity contribution in [3.8, 4) is 5.75 Å². The van der Waals surface area contributed by atoms with Gasteiger partial charge in [0.05, 0.1) is 11.5 Å². The standard InChI is InChI=1S/C12H20N2O3S/c1-3-14(2)18(15,16)12-7-5-11(6-8-12)17-10-4-9-13/h5-8H,3-4,9-10,13H2,1-2H3. The molecule has 1 aromatic rings. The molecule has 0 unspecified atom stereocenters. The van der Waals surface area contributed by atoms with E-state index in [4.69, 9.17) is 10.5 Å². The molecule has 0 aromatic heterocycles. The molecule has 0 radical (unpaired) electrons. The van der Waals surface area contributed by atoms with Crippen molar-refractivity contribution in [2.45, 2.75) is 18.2 Å². The number of benzene rings is 1. The molecule has 0 aliphatic rings. The first kappa shape index (κ1) is 14.9. The highest BCUT2D eigenvalue weighted by atomic mass is 32.2. The van der Waals surface area contributed by atoms with Gasteiger partial charge in [0.15, 0.2) is 0 Å². The van der Waals surface area contributed by atoms with Crippen molar-refractivity contribution in [3.63, 3.8) is 0 Å². The van der Waals surface area contributed by atoms with Crippen LogP contribution in [0.1, 0.15) is 13.3 Å². The van der Waals surface area contributed by atoms with Crippen LogP contribution >= 0.6 is 0 Å². The Kier molecular flexibility index (Phi) is 5.58. The lowest BCUT2D eigenvalue weighted by Crippen LogP contribution is -2.26. The summed E-state index contributed by atoms with van der Waals surface area (Å²) < 4.78 is 30.7. The third-order valence-electron chi connectivity index (χ3n) is 2.59.